The Labute approximate surface area is 110 Å². The summed E-state index contributed by atoms with van der Waals surface area (Å²) in [6.07, 6.45) is 0. The molecule has 0 aliphatic rings. The number of aryl methyl sites for hydroxylation is 1. The number of hydrogen-bond acceptors (Lipinski definition) is 5. The molecule has 1 aromatic heterocycles. The molecule has 19 heavy (non-hydrogen) atoms. The van der Waals surface area contributed by atoms with E-state index in [0.717, 1.165) is 5.39 Å². The lowest BCUT2D eigenvalue weighted by atomic mass is 10.1. The van der Waals surface area contributed by atoms with Crippen LogP contribution in [-0.2, 0) is 0 Å². The van der Waals surface area contributed by atoms with Crippen molar-refractivity contribution in [1.29, 1.82) is 0 Å². The Morgan fingerprint density at radius 2 is 1.74 bits per heavy atom. The van der Waals surface area contributed by atoms with E-state index in [1.807, 2.05) is 6.92 Å². The second-order valence-corrected chi connectivity index (χ2v) is 3.84. The van der Waals surface area contributed by atoms with Crippen LogP contribution in [0.1, 0.15) is 5.69 Å². The number of aromatic nitrogens is 2. The Balaban J connectivity index is 2.81. The van der Waals surface area contributed by atoms with Crippen LogP contribution >= 0.6 is 0 Å². The topological polar surface area (TPSA) is 109 Å². The molecule has 0 saturated carbocycles. The second kappa shape index (κ2) is 4.97. The van der Waals surface area contributed by atoms with Crippen LogP contribution in [-0.4, -0.2) is 30.1 Å². The van der Waals surface area contributed by atoms with Crippen LogP contribution in [0.15, 0.2) is 17.1 Å². The Hall–Kier alpha value is -2.57. The summed E-state index contributed by atoms with van der Waals surface area (Å²) in [7, 11) is 3.16. The molecular formula is C12H15N5O2. The first-order chi connectivity index (χ1) is 9.06. The number of nitrogens with two attached hydrogens (primary N) is 2. The number of rotatable bonds is 3. The standard InChI is InChI=1S/C12H15N5O2/c1-6-9-7(18-2)4-5-8(19-3)10(9)16-12(15-6)17-11(13)14/h4-5H,1-3H3,(H4,13,14,15,16,17). The summed E-state index contributed by atoms with van der Waals surface area (Å²) in [6.45, 7) is 1.83. The van der Waals surface area contributed by atoms with Crippen LogP contribution < -0.4 is 20.9 Å². The number of methoxy groups -OCH3 is 2. The molecule has 0 spiro atoms. The number of ether oxygens (including phenoxy) is 2. The first-order valence-corrected chi connectivity index (χ1v) is 5.55. The predicted molar refractivity (Wildman–Crippen MR) is 72.8 cm³/mol. The molecule has 0 bridgehead atoms. The quantitative estimate of drug-likeness (QED) is 0.626. The van der Waals surface area contributed by atoms with Crippen LogP contribution in [0.3, 0.4) is 0 Å². The van der Waals surface area contributed by atoms with Crippen LogP contribution in [0.5, 0.6) is 11.5 Å². The first kappa shape index (κ1) is 12.9. The summed E-state index contributed by atoms with van der Waals surface area (Å²) in [5.41, 5.74) is 12.0. The van der Waals surface area contributed by atoms with Gasteiger partial charge in [-0.3, -0.25) is 0 Å². The summed E-state index contributed by atoms with van der Waals surface area (Å²) in [5, 5.41) is 0.774. The van der Waals surface area contributed by atoms with Gasteiger partial charge in [0.25, 0.3) is 5.95 Å². The summed E-state index contributed by atoms with van der Waals surface area (Å²) >= 11 is 0. The molecule has 2 rings (SSSR count). The van der Waals surface area contributed by atoms with E-state index in [0.29, 0.717) is 22.7 Å². The zero-order valence-corrected chi connectivity index (χ0v) is 11.0. The van der Waals surface area contributed by atoms with Gasteiger partial charge in [0.1, 0.15) is 17.0 Å². The van der Waals surface area contributed by atoms with Crippen molar-refractivity contribution in [3.05, 3.63) is 17.8 Å². The summed E-state index contributed by atoms with van der Waals surface area (Å²) in [6, 6.07) is 3.57. The van der Waals surface area contributed by atoms with Crippen LogP contribution in [0.2, 0.25) is 0 Å². The normalized spacial score (nSPS) is 10.3. The molecule has 0 radical (unpaired) electrons. The van der Waals surface area contributed by atoms with Crippen molar-refractivity contribution < 1.29 is 9.47 Å². The minimum Gasteiger partial charge on any atom is -0.496 e. The lowest BCUT2D eigenvalue weighted by molar-refractivity contribution is 0.409. The summed E-state index contributed by atoms with van der Waals surface area (Å²) in [4.78, 5) is 12.4. The third kappa shape index (κ3) is 2.35. The van der Waals surface area contributed by atoms with Gasteiger partial charge in [0, 0.05) is 0 Å². The average molecular weight is 261 g/mol. The number of fused-ring (bicyclic) bond motifs is 1. The molecule has 0 aliphatic heterocycles. The highest BCUT2D eigenvalue weighted by molar-refractivity contribution is 5.92. The molecule has 0 atom stereocenters. The van der Waals surface area contributed by atoms with Crippen LogP contribution in [0.4, 0.5) is 5.95 Å². The Morgan fingerprint density at radius 3 is 2.32 bits per heavy atom. The highest BCUT2D eigenvalue weighted by Gasteiger charge is 2.13. The van der Waals surface area contributed by atoms with Gasteiger partial charge in [-0.15, -0.1) is 0 Å². The molecule has 100 valence electrons. The lowest BCUT2D eigenvalue weighted by Crippen LogP contribution is -2.22. The van der Waals surface area contributed by atoms with E-state index in [9.17, 15) is 0 Å². The van der Waals surface area contributed by atoms with Gasteiger partial charge in [0.05, 0.1) is 25.3 Å². The maximum absolute atomic E-state index is 5.34. The maximum Gasteiger partial charge on any atom is 0.253 e. The van der Waals surface area contributed by atoms with Gasteiger partial charge in [-0.1, -0.05) is 0 Å². The van der Waals surface area contributed by atoms with Crippen molar-refractivity contribution in [3.63, 3.8) is 0 Å². The van der Waals surface area contributed by atoms with Crippen molar-refractivity contribution in [3.8, 4) is 11.5 Å². The van der Waals surface area contributed by atoms with Crippen LogP contribution in [0.25, 0.3) is 10.9 Å². The van der Waals surface area contributed by atoms with Gasteiger partial charge in [-0.2, -0.15) is 4.99 Å². The van der Waals surface area contributed by atoms with E-state index in [1.165, 1.54) is 0 Å². The minimum atomic E-state index is -0.0967. The molecule has 7 nitrogen and oxygen atoms in total. The molecule has 0 fully saturated rings. The number of hydrogen-bond donors (Lipinski definition) is 2. The monoisotopic (exact) mass is 261 g/mol. The van der Waals surface area contributed by atoms with Crippen molar-refractivity contribution in [2.75, 3.05) is 14.2 Å². The van der Waals surface area contributed by atoms with Crippen molar-refractivity contribution >= 4 is 22.8 Å². The Kier molecular flexibility index (Phi) is 3.37. The van der Waals surface area contributed by atoms with Crippen LogP contribution in [0, 0.1) is 6.92 Å². The molecule has 7 heteroatoms. The zero-order chi connectivity index (χ0) is 14.0. The summed E-state index contributed by atoms with van der Waals surface area (Å²) < 4.78 is 10.6. The van der Waals surface area contributed by atoms with Gasteiger partial charge in [0.2, 0.25) is 0 Å². The van der Waals surface area contributed by atoms with E-state index >= 15 is 0 Å². The maximum atomic E-state index is 5.34. The molecule has 2 aromatic rings. The van der Waals surface area contributed by atoms with E-state index in [-0.39, 0.29) is 11.9 Å². The molecule has 0 saturated heterocycles. The van der Waals surface area contributed by atoms with Crippen molar-refractivity contribution in [2.45, 2.75) is 6.92 Å². The van der Waals surface area contributed by atoms with Gasteiger partial charge in [0.15, 0.2) is 5.96 Å². The van der Waals surface area contributed by atoms with E-state index in [1.54, 1.807) is 26.4 Å². The van der Waals surface area contributed by atoms with E-state index in [4.69, 9.17) is 20.9 Å². The fourth-order valence-corrected chi connectivity index (χ4v) is 1.85. The first-order valence-electron chi connectivity index (χ1n) is 5.55. The highest BCUT2D eigenvalue weighted by Crippen LogP contribution is 2.34. The van der Waals surface area contributed by atoms with Crippen molar-refractivity contribution in [1.82, 2.24) is 9.97 Å². The third-order valence-corrected chi connectivity index (χ3v) is 2.61. The van der Waals surface area contributed by atoms with E-state index < -0.39 is 0 Å². The van der Waals surface area contributed by atoms with Gasteiger partial charge in [-0.05, 0) is 19.1 Å². The fraction of sp³-hybridized carbons (Fsp3) is 0.250. The van der Waals surface area contributed by atoms with E-state index in [2.05, 4.69) is 15.0 Å². The predicted octanol–water partition coefficient (Wildman–Crippen LogP) is 0.860. The molecule has 1 heterocycles. The SMILES string of the molecule is COc1ccc(OC)c2c(C)nc(N=C(N)N)nc12. The molecule has 0 amide bonds. The third-order valence-electron chi connectivity index (χ3n) is 2.61. The van der Waals surface area contributed by atoms with Gasteiger partial charge in [-0.25, -0.2) is 9.97 Å². The van der Waals surface area contributed by atoms with Crippen molar-refractivity contribution in [2.24, 2.45) is 16.5 Å². The number of aliphatic imine (C=N–C) groups is 1. The molecule has 0 aliphatic carbocycles. The number of benzene rings is 1. The van der Waals surface area contributed by atoms with Gasteiger partial charge < -0.3 is 20.9 Å². The smallest absolute Gasteiger partial charge is 0.253 e. The lowest BCUT2D eigenvalue weighted by Gasteiger charge is -2.11. The Morgan fingerprint density at radius 1 is 1.11 bits per heavy atom. The Bertz CT molecular complexity index is 650. The highest BCUT2D eigenvalue weighted by atomic mass is 16.5. The summed E-state index contributed by atoms with van der Waals surface area (Å²) in [5.74, 6) is 1.37. The fourth-order valence-electron chi connectivity index (χ4n) is 1.85. The second-order valence-electron chi connectivity index (χ2n) is 3.84. The molecule has 4 N–H and O–H groups in total. The zero-order valence-electron chi connectivity index (χ0n) is 11.0. The number of guanidine groups is 1. The molecule has 1 aromatic carbocycles. The average Bonchev–Trinajstić information content (AvgIpc) is 2.36. The number of nitrogens with zero attached hydrogens (tertiary/aromatic N) is 3. The largest absolute Gasteiger partial charge is 0.496 e. The molecule has 0 unspecified atom stereocenters. The minimum absolute atomic E-state index is 0.0967. The van der Waals surface area contributed by atoms with Gasteiger partial charge >= 0.3 is 0 Å². The molecular weight excluding hydrogens is 246 g/mol.